The Balaban J connectivity index is 1.33. The number of aryl methyl sites for hydroxylation is 1. The van der Waals surface area contributed by atoms with Crippen molar-refractivity contribution in [3.05, 3.63) is 69.7 Å². The number of carbonyl (C=O) groups is 2. The summed E-state index contributed by atoms with van der Waals surface area (Å²) in [5.41, 5.74) is 2.86. The number of fused-ring (bicyclic) bond motifs is 1. The van der Waals surface area contributed by atoms with Crippen molar-refractivity contribution in [2.75, 3.05) is 49.6 Å². The normalized spacial score (nSPS) is 15.5. The van der Waals surface area contributed by atoms with Gasteiger partial charge in [0.1, 0.15) is 23.7 Å². The van der Waals surface area contributed by atoms with Crippen LogP contribution in [0.2, 0.25) is 0 Å². The summed E-state index contributed by atoms with van der Waals surface area (Å²) in [6, 6.07) is 8.16. The Morgan fingerprint density at radius 1 is 1.12 bits per heavy atom. The Morgan fingerprint density at radius 2 is 1.85 bits per heavy atom. The predicted molar refractivity (Wildman–Crippen MR) is 183 cm³/mol. The van der Waals surface area contributed by atoms with Crippen LogP contribution in [0.25, 0.3) is 21.8 Å². The van der Waals surface area contributed by atoms with E-state index < -0.39 is 5.60 Å². The molecule has 2 aliphatic heterocycles. The monoisotopic (exact) mass is 677 g/mol. The molecule has 0 saturated carbocycles. The molecule has 0 atom stereocenters. The summed E-state index contributed by atoms with van der Waals surface area (Å²) < 4.78 is 27.6. The lowest BCUT2D eigenvalue weighted by Gasteiger charge is -2.37. The summed E-state index contributed by atoms with van der Waals surface area (Å²) >= 11 is 1.41. The van der Waals surface area contributed by atoms with Crippen LogP contribution < -0.4 is 15.8 Å². The van der Waals surface area contributed by atoms with Gasteiger partial charge in [-0.25, -0.2) is 9.18 Å². The first-order chi connectivity index (χ1) is 22.9. The van der Waals surface area contributed by atoms with Gasteiger partial charge < -0.3 is 29.2 Å². The first-order valence-corrected chi connectivity index (χ1v) is 16.9. The van der Waals surface area contributed by atoms with E-state index in [-0.39, 0.29) is 35.7 Å². The average molecular weight is 678 g/mol. The minimum atomic E-state index is -0.613. The van der Waals surface area contributed by atoms with E-state index in [2.05, 4.69) is 10.4 Å². The first kappa shape index (κ1) is 33.3. The third kappa shape index (κ3) is 6.99. The Bertz CT molecular complexity index is 1930. The van der Waals surface area contributed by atoms with Crippen LogP contribution >= 0.6 is 11.3 Å². The van der Waals surface area contributed by atoms with Gasteiger partial charge in [-0.15, -0.1) is 16.4 Å². The smallest absolute Gasteiger partial charge is 0.410 e. The number of aromatic nitrogens is 4. The minimum Gasteiger partial charge on any atom is -0.444 e. The number of carbonyl (C=O) groups excluding carboxylic acids is 2. The summed E-state index contributed by atoms with van der Waals surface area (Å²) in [6.07, 6.45) is 2.58. The molecule has 1 fully saturated rings. The molecule has 1 aromatic carbocycles. The molecule has 12 nitrogen and oxygen atoms in total. The lowest BCUT2D eigenvalue weighted by molar-refractivity contribution is -0.116. The maximum absolute atomic E-state index is 14.2. The van der Waals surface area contributed by atoms with Gasteiger partial charge >= 0.3 is 6.09 Å². The van der Waals surface area contributed by atoms with E-state index >= 15 is 0 Å². The Labute approximate surface area is 281 Å². The fourth-order valence-electron chi connectivity index (χ4n) is 5.99. The minimum absolute atomic E-state index is 0.110. The molecule has 2 aliphatic rings. The van der Waals surface area contributed by atoms with Crippen molar-refractivity contribution >= 4 is 45.4 Å². The fraction of sp³-hybridized carbons (Fsp3) is 0.441. The number of amides is 2. The van der Waals surface area contributed by atoms with Crippen molar-refractivity contribution in [3.63, 3.8) is 0 Å². The number of benzene rings is 1. The maximum Gasteiger partial charge on any atom is 0.410 e. The molecule has 4 aromatic rings. The molecular weight excluding hydrogens is 637 g/mol. The summed E-state index contributed by atoms with van der Waals surface area (Å²) in [5, 5.41) is 8.31. The average Bonchev–Trinajstić information content (AvgIpc) is 3.66. The van der Waals surface area contributed by atoms with E-state index in [4.69, 9.17) is 14.5 Å². The number of hydrogen-bond acceptors (Lipinski definition) is 9. The summed E-state index contributed by atoms with van der Waals surface area (Å²) in [7, 11) is 0. The molecule has 5 heterocycles. The van der Waals surface area contributed by atoms with Gasteiger partial charge in [-0.3, -0.25) is 9.59 Å². The number of piperazine rings is 1. The third-order valence-electron chi connectivity index (χ3n) is 8.25. The van der Waals surface area contributed by atoms with Crippen molar-refractivity contribution in [2.45, 2.75) is 59.6 Å². The van der Waals surface area contributed by atoms with Gasteiger partial charge in [0.15, 0.2) is 5.82 Å². The molecule has 1 saturated heterocycles. The zero-order valence-electron chi connectivity index (χ0n) is 27.8. The van der Waals surface area contributed by atoms with Crippen molar-refractivity contribution in [1.29, 1.82) is 0 Å². The summed E-state index contributed by atoms with van der Waals surface area (Å²) in [5.74, 6) is 0.101. The van der Waals surface area contributed by atoms with Gasteiger partial charge in [-0.2, -0.15) is 9.50 Å². The van der Waals surface area contributed by atoms with Gasteiger partial charge in [-0.05, 0) is 75.4 Å². The number of halogens is 1. The molecule has 3 aromatic heterocycles. The van der Waals surface area contributed by atoms with E-state index in [1.807, 2.05) is 51.7 Å². The van der Waals surface area contributed by atoms with Crippen LogP contribution in [0.15, 0.2) is 41.2 Å². The number of nitrogens with one attached hydrogen (secondary N) is 1. The summed E-state index contributed by atoms with van der Waals surface area (Å²) in [4.78, 5) is 49.9. The molecule has 0 spiro atoms. The van der Waals surface area contributed by atoms with Crippen LogP contribution in [0.3, 0.4) is 0 Å². The van der Waals surface area contributed by atoms with Gasteiger partial charge in [0, 0.05) is 31.1 Å². The lowest BCUT2D eigenvalue weighted by atomic mass is 10.1. The highest BCUT2D eigenvalue weighted by Gasteiger charge is 2.30. The van der Waals surface area contributed by atoms with Crippen LogP contribution in [-0.4, -0.2) is 81.1 Å². The van der Waals surface area contributed by atoms with E-state index in [9.17, 15) is 18.8 Å². The van der Waals surface area contributed by atoms with Crippen LogP contribution in [0.1, 0.15) is 51.2 Å². The molecule has 6 rings (SSSR count). The zero-order valence-corrected chi connectivity index (χ0v) is 28.7. The highest BCUT2D eigenvalue weighted by molar-refractivity contribution is 7.19. The molecule has 0 unspecified atom stereocenters. The second-order valence-electron chi connectivity index (χ2n) is 12.9. The Morgan fingerprint density at radius 3 is 2.50 bits per heavy atom. The highest BCUT2D eigenvalue weighted by Crippen LogP contribution is 2.35. The highest BCUT2D eigenvalue weighted by atomic mass is 32.1. The fourth-order valence-corrected chi connectivity index (χ4v) is 7.08. The van der Waals surface area contributed by atoms with Gasteiger partial charge in [0.05, 0.1) is 23.9 Å². The summed E-state index contributed by atoms with van der Waals surface area (Å²) in [6.45, 7) is 11.8. The van der Waals surface area contributed by atoms with E-state index in [1.54, 1.807) is 21.6 Å². The van der Waals surface area contributed by atoms with Crippen LogP contribution in [0, 0.1) is 12.7 Å². The second-order valence-corrected chi connectivity index (χ2v) is 13.9. The molecular formula is C34H40FN7O5S. The van der Waals surface area contributed by atoms with Gasteiger partial charge in [0.2, 0.25) is 11.7 Å². The maximum atomic E-state index is 14.2. The van der Waals surface area contributed by atoms with Gasteiger partial charge in [-0.1, -0.05) is 25.1 Å². The molecule has 0 radical (unpaired) electrons. The predicted octanol–water partition coefficient (Wildman–Crippen LogP) is 5.13. The number of anilines is 2. The molecule has 254 valence electrons. The molecule has 48 heavy (non-hydrogen) atoms. The van der Waals surface area contributed by atoms with Crippen molar-refractivity contribution in [2.24, 2.45) is 0 Å². The molecule has 2 amide bonds. The molecule has 1 N–H and O–H groups in total. The van der Waals surface area contributed by atoms with Crippen LogP contribution in [0.5, 0.6) is 0 Å². The van der Waals surface area contributed by atoms with Crippen molar-refractivity contribution in [1.82, 2.24) is 24.1 Å². The van der Waals surface area contributed by atoms with Gasteiger partial charge in [0.25, 0.3) is 5.56 Å². The first-order valence-electron chi connectivity index (χ1n) is 16.1. The lowest BCUT2D eigenvalue weighted by Crippen LogP contribution is -2.51. The molecule has 14 heteroatoms. The van der Waals surface area contributed by atoms with E-state index in [0.29, 0.717) is 74.4 Å². The zero-order chi connectivity index (χ0) is 34.2. The molecule has 0 bridgehead atoms. The van der Waals surface area contributed by atoms with Crippen LogP contribution in [0.4, 0.5) is 19.9 Å². The SMILES string of the molecule is CCc1c(N2CCN(C(=O)OC(C)(C)C)CC2)c(=O)n2nc(C3=CCOCC3)nc2n1CC(=O)Nc1cc(C)c(-c2ccc(F)cc2)s1. The Kier molecular flexibility index (Phi) is 9.39. The van der Waals surface area contributed by atoms with E-state index in [1.165, 1.54) is 28.0 Å². The number of hydrogen-bond donors (Lipinski definition) is 1. The number of ether oxygens (including phenoxy) is 2. The topological polar surface area (TPSA) is 123 Å². The number of nitrogens with zero attached hydrogens (tertiary/aromatic N) is 6. The second kappa shape index (κ2) is 13.5. The van der Waals surface area contributed by atoms with Crippen LogP contribution in [-0.2, 0) is 27.2 Å². The number of thiophene rings is 1. The largest absolute Gasteiger partial charge is 0.444 e. The van der Waals surface area contributed by atoms with Crippen molar-refractivity contribution < 1.29 is 23.5 Å². The van der Waals surface area contributed by atoms with E-state index in [0.717, 1.165) is 21.6 Å². The molecule has 0 aliphatic carbocycles. The quantitative estimate of drug-likeness (QED) is 0.286. The standard InChI is InChI=1S/C34H40FN7O5S/c1-6-25-28(39-13-15-40(16-14-39)33(45)47-34(3,4)5)31(44)42-32(37-30(38-42)23-11-17-46-18-12-23)41(25)20-26(43)36-27-19-21(2)29(48-27)22-7-9-24(35)10-8-22/h7-11,19H,6,12-18,20H2,1-5H3,(H,36,43). The van der Waals surface area contributed by atoms with Crippen molar-refractivity contribution in [3.8, 4) is 10.4 Å². The number of rotatable bonds is 7. The Hall–Kier alpha value is -4.56. The third-order valence-corrected chi connectivity index (χ3v) is 9.45.